The summed E-state index contributed by atoms with van der Waals surface area (Å²) in [5.74, 6) is 2.71. The molecule has 172 valence electrons. The van der Waals surface area contributed by atoms with Crippen LogP contribution in [0.4, 0.5) is 0 Å². The van der Waals surface area contributed by atoms with Crippen molar-refractivity contribution in [2.75, 3.05) is 20.3 Å². The van der Waals surface area contributed by atoms with Gasteiger partial charge in [0.05, 0.1) is 10.9 Å². The van der Waals surface area contributed by atoms with Crippen molar-refractivity contribution in [3.8, 4) is 0 Å². The Bertz CT molecular complexity index is 1100. The predicted molar refractivity (Wildman–Crippen MR) is 127 cm³/mol. The summed E-state index contributed by atoms with van der Waals surface area (Å²) in [6, 6.07) is 5.20. The van der Waals surface area contributed by atoms with Gasteiger partial charge in [-0.3, -0.25) is 14.2 Å². The normalized spacial score (nSPS) is 28.3. The zero-order valence-corrected chi connectivity index (χ0v) is 19.6. The standard InChI is InChI=1S/C25H33N3O3S/c1-31-8-2-7-28-23(30)20-4-3-19(12-21(20)27-24(28)32)22(29)26-6-5-25-13-16-9-17(14-25)11-18(10-16)15-25/h3-4,12,16-18H,2,5-11,13-15H2,1H3,(H,26,29)(H,27,32). The van der Waals surface area contributed by atoms with Gasteiger partial charge < -0.3 is 15.0 Å². The Morgan fingerprint density at radius 1 is 1.22 bits per heavy atom. The van der Waals surface area contributed by atoms with Crippen LogP contribution in [0.15, 0.2) is 23.0 Å². The van der Waals surface area contributed by atoms with Crippen molar-refractivity contribution in [3.63, 3.8) is 0 Å². The fourth-order valence-corrected chi connectivity index (χ4v) is 7.39. The van der Waals surface area contributed by atoms with Gasteiger partial charge in [-0.1, -0.05) is 0 Å². The van der Waals surface area contributed by atoms with Crippen LogP contribution in [-0.4, -0.2) is 35.7 Å². The lowest BCUT2D eigenvalue weighted by molar-refractivity contribution is -0.0564. The number of carbonyl (C=O) groups is 1. The molecule has 1 heterocycles. The van der Waals surface area contributed by atoms with E-state index in [2.05, 4.69) is 10.3 Å². The highest BCUT2D eigenvalue weighted by Gasteiger charge is 2.50. The fraction of sp³-hybridized carbons (Fsp3) is 0.640. The zero-order valence-electron chi connectivity index (χ0n) is 18.8. The van der Waals surface area contributed by atoms with Gasteiger partial charge >= 0.3 is 0 Å². The number of ether oxygens (including phenoxy) is 1. The van der Waals surface area contributed by atoms with Gasteiger partial charge in [0, 0.05) is 32.4 Å². The Hall–Kier alpha value is -1.99. The molecule has 1 aromatic carbocycles. The number of rotatable bonds is 8. The van der Waals surface area contributed by atoms with E-state index in [9.17, 15) is 9.59 Å². The average Bonchev–Trinajstić information content (AvgIpc) is 2.74. The van der Waals surface area contributed by atoms with Crippen molar-refractivity contribution in [2.24, 2.45) is 23.2 Å². The highest BCUT2D eigenvalue weighted by Crippen LogP contribution is 2.61. The lowest BCUT2D eigenvalue weighted by Crippen LogP contribution is -2.47. The Labute approximate surface area is 193 Å². The monoisotopic (exact) mass is 455 g/mol. The molecule has 32 heavy (non-hydrogen) atoms. The van der Waals surface area contributed by atoms with Crippen molar-refractivity contribution in [1.82, 2.24) is 14.9 Å². The zero-order chi connectivity index (χ0) is 22.3. The van der Waals surface area contributed by atoms with E-state index in [0.717, 1.165) is 30.7 Å². The number of hydrogen-bond donors (Lipinski definition) is 2. The molecule has 0 saturated heterocycles. The molecule has 4 aliphatic carbocycles. The van der Waals surface area contributed by atoms with E-state index in [0.29, 0.717) is 46.2 Å². The first kappa shape index (κ1) is 21.8. The number of nitrogens with one attached hydrogen (secondary N) is 2. The minimum atomic E-state index is -0.131. The van der Waals surface area contributed by atoms with Crippen molar-refractivity contribution in [1.29, 1.82) is 0 Å². The van der Waals surface area contributed by atoms with Crippen molar-refractivity contribution in [3.05, 3.63) is 38.9 Å². The van der Waals surface area contributed by atoms with E-state index in [4.69, 9.17) is 17.0 Å². The molecular weight excluding hydrogens is 422 g/mol. The highest BCUT2D eigenvalue weighted by atomic mass is 32.1. The molecule has 4 aliphatic rings. The van der Waals surface area contributed by atoms with Gasteiger partial charge in [-0.25, -0.2) is 0 Å². The molecule has 2 aromatic rings. The third kappa shape index (κ3) is 4.17. The van der Waals surface area contributed by atoms with Gasteiger partial charge in [0.1, 0.15) is 0 Å². The number of aromatic amines is 1. The summed E-state index contributed by atoms with van der Waals surface area (Å²) < 4.78 is 7.00. The van der Waals surface area contributed by atoms with Crippen LogP contribution in [0.1, 0.15) is 61.7 Å². The van der Waals surface area contributed by atoms with Gasteiger partial charge in [0.2, 0.25) is 0 Å². The maximum atomic E-state index is 12.8. The molecule has 1 aromatic heterocycles. The summed E-state index contributed by atoms with van der Waals surface area (Å²) in [4.78, 5) is 28.8. The average molecular weight is 456 g/mol. The number of fused-ring (bicyclic) bond motifs is 1. The highest BCUT2D eigenvalue weighted by molar-refractivity contribution is 7.71. The molecule has 0 atom stereocenters. The molecule has 1 amide bonds. The van der Waals surface area contributed by atoms with Gasteiger partial charge in [-0.05, 0) is 105 Å². The number of hydrogen-bond acceptors (Lipinski definition) is 4. The molecule has 7 heteroatoms. The van der Waals surface area contributed by atoms with Crippen molar-refractivity contribution >= 4 is 29.0 Å². The Morgan fingerprint density at radius 2 is 1.91 bits per heavy atom. The van der Waals surface area contributed by atoms with Gasteiger partial charge in [0.15, 0.2) is 4.77 Å². The molecule has 0 unspecified atom stereocenters. The van der Waals surface area contributed by atoms with E-state index < -0.39 is 0 Å². The second kappa shape index (κ2) is 8.75. The quantitative estimate of drug-likeness (QED) is 0.456. The topological polar surface area (TPSA) is 76.1 Å². The minimum absolute atomic E-state index is 0.0831. The SMILES string of the molecule is COCCCn1c(=S)[nH]c2cc(C(=O)NCCC34CC5CC(CC(C5)C3)C4)ccc2c1=O. The van der Waals surface area contributed by atoms with Crippen LogP contribution in [0.5, 0.6) is 0 Å². The largest absolute Gasteiger partial charge is 0.385 e. The molecule has 0 radical (unpaired) electrons. The number of nitrogens with zero attached hydrogens (tertiary/aromatic N) is 1. The number of amides is 1. The van der Waals surface area contributed by atoms with Crippen LogP contribution in [0, 0.1) is 27.9 Å². The van der Waals surface area contributed by atoms with Gasteiger partial charge in [-0.15, -0.1) is 0 Å². The van der Waals surface area contributed by atoms with Crippen molar-refractivity contribution in [2.45, 2.75) is 57.9 Å². The van der Waals surface area contributed by atoms with Crippen LogP contribution in [0.25, 0.3) is 10.9 Å². The lowest BCUT2D eigenvalue weighted by atomic mass is 9.49. The molecule has 2 N–H and O–H groups in total. The first-order valence-corrected chi connectivity index (χ1v) is 12.4. The summed E-state index contributed by atoms with van der Waals surface area (Å²) in [6.45, 7) is 1.80. The number of H-pyrrole nitrogens is 1. The molecule has 0 aliphatic heterocycles. The van der Waals surface area contributed by atoms with E-state index in [1.807, 2.05) is 0 Å². The molecule has 4 saturated carbocycles. The van der Waals surface area contributed by atoms with Crippen LogP contribution in [0.2, 0.25) is 0 Å². The molecule has 4 fully saturated rings. The summed E-state index contributed by atoms with van der Waals surface area (Å²) >= 11 is 5.39. The first-order chi connectivity index (χ1) is 15.5. The smallest absolute Gasteiger partial charge is 0.262 e. The summed E-state index contributed by atoms with van der Waals surface area (Å²) in [6.07, 6.45) is 10.2. The number of methoxy groups -OCH3 is 1. The summed E-state index contributed by atoms with van der Waals surface area (Å²) in [5, 5.41) is 3.68. The third-order valence-corrected chi connectivity index (χ3v) is 8.40. The van der Waals surface area contributed by atoms with Crippen LogP contribution in [-0.2, 0) is 11.3 Å². The molecule has 6 nitrogen and oxygen atoms in total. The van der Waals surface area contributed by atoms with Gasteiger partial charge in [-0.2, -0.15) is 0 Å². The predicted octanol–water partition coefficient (Wildman–Crippen LogP) is 4.43. The van der Waals surface area contributed by atoms with Crippen LogP contribution >= 0.6 is 12.2 Å². The van der Waals surface area contributed by atoms with E-state index in [1.54, 1.807) is 29.9 Å². The summed E-state index contributed by atoms with van der Waals surface area (Å²) in [5.41, 5.74) is 1.50. The number of carbonyl (C=O) groups excluding carboxylic acids is 1. The lowest BCUT2D eigenvalue weighted by Gasteiger charge is -2.57. The second-order valence-electron chi connectivity index (χ2n) is 10.4. The fourth-order valence-electron chi connectivity index (χ4n) is 7.11. The molecule has 4 bridgehead atoms. The van der Waals surface area contributed by atoms with E-state index in [1.165, 1.54) is 38.5 Å². The third-order valence-electron chi connectivity index (χ3n) is 8.08. The molecule has 0 spiro atoms. The van der Waals surface area contributed by atoms with Crippen LogP contribution < -0.4 is 10.9 Å². The second-order valence-corrected chi connectivity index (χ2v) is 10.8. The number of aromatic nitrogens is 2. The first-order valence-electron chi connectivity index (χ1n) is 12.0. The Morgan fingerprint density at radius 3 is 2.56 bits per heavy atom. The van der Waals surface area contributed by atoms with E-state index >= 15 is 0 Å². The maximum absolute atomic E-state index is 12.8. The summed E-state index contributed by atoms with van der Waals surface area (Å²) in [7, 11) is 1.64. The minimum Gasteiger partial charge on any atom is -0.385 e. The van der Waals surface area contributed by atoms with E-state index in [-0.39, 0.29) is 11.5 Å². The van der Waals surface area contributed by atoms with Crippen LogP contribution in [0.3, 0.4) is 0 Å². The number of benzene rings is 1. The molecule has 6 rings (SSSR count). The Kier molecular flexibility index (Phi) is 5.97. The molecular formula is C25H33N3O3S. The van der Waals surface area contributed by atoms with Gasteiger partial charge in [0.25, 0.3) is 11.5 Å². The maximum Gasteiger partial charge on any atom is 0.262 e. The van der Waals surface area contributed by atoms with Crippen molar-refractivity contribution < 1.29 is 9.53 Å². The Balaban J connectivity index is 1.25.